The summed E-state index contributed by atoms with van der Waals surface area (Å²) in [5.74, 6) is -3.31. The molecule has 0 bridgehead atoms. The average molecular weight is 264 g/mol. The highest BCUT2D eigenvalue weighted by Gasteiger charge is 2.12. The second-order valence-electron chi connectivity index (χ2n) is 3.44. The van der Waals surface area contributed by atoms with Gasteiger partial charge in [0.25, 0.3) is 0 Å². The van der Waals surface area contributed by atoms with Crippen molar-refractivity contribution in [3.05, 3.63) is 47.9 Å². The molecule has 0 aliphatic rings. The molecule has 2 aromatic rings. The lowest BCUT2D eigenvalue weighted by Gasteiger charge is -1.90. The first-order valence-corrected chi connectivity index (χ1v) is 5.07. The second-order valence-corrected chi connectivity index (χ2v) is 3.44. The Morgan fingerprint density at radius 3 is 1.32 bits per heavy atom. The number of carboxylic acid groups (broad SMARTS) is 2. The van der Waals surface area contributed by atoms with Gasteiger partial charge >= 0.3 is 11.9 Å². The summed E-state index contributed by atoms with van der Waals surface area (Å²) in [5, 5.41) is 16.6. The van der Waals surface area contributed by atoms with Crippen molar-refractivity contribution in [1.82, 2.24) is 0 Å². The normalized spacial score (nSPS) is 9.26. The Morgan fingerprint density at radius 2 is 1.11 bits per heavy atom. The zero-order valence-corrected chi connectivity index (χ0v) is 9.74. The Hall–Kier alpha value is -2.96. The molecule has 2 rings (SSSR count). The number of rotatable bonds is 2. The van der Waals surface area contributed by atoms with Crippen molar-refractivity contribution in [3.8, 4) is 0 Å². The van der Waals surface area contributed by atoms with Crippen molar-refractivity contribution in [3.63, 3.8) is 0 Å². The molecular weight excluding hydrogens is 252 g/mol. The number of nitrogen functional groups attached to an aromatic ring is 2. The minimum atomic E-state index is -1.28. The first-order valence-electron chi connectivity index (χ1n) is 5.07. The van der Waals surface area contributed by atoms with Crippen LogP contribution in [0.3, 0.4) is 0 Å². The van der Waals surface area contributed by atoms with Crippen LogP contribution in [0, 0.1) is 0 Å². The van der Waals surface area contributed by atoms with Gasteiger partial charge in [0.2, 0.25) is 11.5 Å². The molecule has 0 spiro atoms. The summed E-state index contributed by atoms with van der Waals surface area (Å²) < 4.78 is 4.41. The molecule has 6 N–H and O–H groups in total. The molecule has 0 amide bonds. The quantitative estimate of drug-likeness (QED) is 0.603. The minimum absolute atomic E-state index is 0.373. The maximum absolute atomic E-state index is 10.2. The number of aromatic carboxylic acids is 2. The number of benzene rings is 1. The van der Waals surface area contributed by atoms with Crippen LogP contribution in [0.4, 0.5) is 11.4 Å². The molecule has 0 aliphatic heterocycles. The van der Waals surface area contributed by atoms with Gasteiger partial charge in [0.1, 0.15) is 0 Å². The molecule has 1 aromatic heterocycles. The fourth-order valence-electron chi connectivity index (χ4n) is 1.06. The third kappa shape index (κ3) is 4.43. The van der Waals surface area contributed by atoms with E-state index in [0.717, 1.165) is 23.5 Å². The van der Waals surface area contributed by atoms with Crippen molar-refractivity contribution in [1.29, 1.82) is 0 Å². The van der Waals surface area contributed by atoms with E-state index >= 15 is 0 Å². The lowest BCUT2D eigenvalue weighted by Crippen LogP contribution is -1.94. The van der Waals surface area contributed by atoms with Crippen LogP contribution in [-0.4, -0.2) is 22.2 Å². The second kappa shape index (κ2) is 6.10. The summed E-state index contributed by atoms with van der Waals surface area (Å²) in [5.41, 5.74) is 12.2. The zero-order chi connectivity index (χ0) is 14.4. The minimum Gasteiger partial charge on any atom is -0.475 e. The molecule has 0 atom stereocenters. The van der Waals surface area contributed by atoms with E-state index in [9.17, 15) is 9.59 Å². The summed E-state index contributed by atoms with van der Waals surface area (Å²) in [6.45, 7) is 0. The van der Waals surface area contributed by atoms with Gasteiger partial charge in [-0.3, -0.25) is 0 Å². The van der Waals surface area contributed by atoms with E-state index in [2.05, 4.69) is 4.42 Å². The molecule has 0 fully saturated rings. The molecule has 7 nitrogen and oxygen atoms in total. The Bertz CT molecular complexity index is 525. The lowest BCUT2D eigenvalue weighted by molar-refractivity contribution is 0.0631. The van der Waals surface area contributed by atoms with Crippen molar-refractivity contribution in [2.24, 2.45) is 0 Å². The number of anilines is 2. The van der Waals surface area contributed by atoms with E-state index in [-0.39, 0.29) is 11.5 Å². The molecular formula is C12H12N2O5. The highest BCUT2D eigenvalue weighted by atomic mass is 16.4. The fourth-order valence-corrected chi connectivity index (χ4v) is 1.06. The predicted molar refractivity (Wildman–Crippen MR) is 67.9 cm³/mol. The Balaban J connectivity index is 0.000000200. The third-order valence-electron chi connectivity index (χ3n) is 1.96. The van der Waals surface area contributed by atoms with Gasteiger partial charge in [-0.2, -0.15) is 0 Å². The molecule has 100 valence electrons. The summed E-state index contributed by atoms with van der Waals surface area (Å²) in [6.07, 6.45) is 0. The van der Waals surface area contributed by atoms with Crippen LogP contribution in [0.1, 0.15) is 21.1 Å². The number of hydrogen-bond donors (Lipinski definition) is 4. The number of carbonyl (C=O) groups is 2. The first-order chi connectivity index (χ1) is 8.90. The Morgan fingerprint density at radius 1 is 0.789 bits per heavy atom. The van der Waals surface area contributed by atoms with E-state index in [0.29, 0.717) is 0 Å². The maximum Gasteiger partial charge on any atom is 0.371 e. The van der Waals surface area contributed by atoms with Crippen LogP contribution in [-0.2, 0) is 0 Å². The highest BCUT2D eigenvalue weighted by Crippen LogP contribution is 2.07. The van der Waals surface area contributed by atoms with Crippen LogP contribution in [0.2, 0.25) is 0 Å². The van der Waals surface area contributed by atoms with Gasteiger partial charge in [-0.25, -0.2) is 9.59 Å². The van der Waals surface area contributed by atoms with E-state index in [1.54, 1.807) is 24.3 Å². The number of carboxylic acids is 2. The molecule has 0 unspecified atom stereocenters. The monoisotopic (exact) mass is 264 g/mol. The van der Waals surface area contributed by atoms with Crippen molar-refractivity contribution in [2.75, 3.05) is 11.5 Å². The van der Waals surface area contributed by atoms with Gasteiger partial charge in [-0.1, -0.05) is 0 Å². The maximum atomic E-state index is 10.2. The highest BCUT2D eigenvalue weighted by molar-refractivity contribution is 5.88. The zero-order valence-electron chi connectivity index (χ0n) is 9.74. The molecule has 1 heterocycles. The van der Waals surface area contributed by atoms with Crippen LogP contribution in [0.25, 0.3) is 0 Å². The van der Waals surface area contributed by atoms with Gasteiger partial charge in [0, 0.05) is 11.4 Å². The predicted octanol–water partition coefficient (Wildman–Crippen LogP) is 1.53. The van der Waals surface area contributed by atoms with Crippen molar-refractivity contribution in [2.45, 2.75) is 0 Å². The van der Waals surface area contributed by atoms with Crippen molar-refractivity contribution < 1.29 is 24.2 Å². The molecule has 1 aromatic carbocycles. The molecule has 7 heteroatoms. The van der Waals surface area contributed by atoms with E-state index in [1.807, 2.05) is 0 Å². The van der Waals surface area contributed by atoms with Crippen LogP contribution >= 0.6 is 0 Å². The fraction of sp³-hybridized carbons (Fsp3) is 0. The number of furan rings is 1. The van der Waals surface area contributed by atoms with Crippen LogP contribution in [0.15, 0.2) is 40.8 Å². The van der Waals surface area contributed by atoms with Gasteiger partial charge < -0.3 is 26.1 Å². The topological polar surface area (TPSA) is 140 Å². The molecule has 0 saturated heterocycles. The first kappa shape index (κ1) is 14.1. The lowest BCUT2D eigenvalue weighted by atomic mass is 10.3. The van der Waals surface area contributed by atoms with Crippen LogP contribution < -0.4 is 11.5 Å². The van der Waals surface area contributed by atoms with E-state index < -0.39 is 11.9 Å². The number of nitrogens with two attached hydrogens (primary N) is 2. The molecule has 0 radical (unpaired) electrons. The molecule has 0 aliphatic carbocycles. The molecule has 0 saturated carbocycles. The van der Waals surface area contributed by atoms with Crippen molar-refractivity contribution >= 4 is 23.3 Å². The van der Waals surface area contributed by atoms with Gasteiger partial charge in [0.15, 0.2) is 0 Å². The number of hydrogen-bond acceptors (Lipinski definition) is 5. The Labute approximate surface area is 108 Å². The third-order valence-corrected chi connectivity index (χ3v) is 1.96. The summed E-state index contributed by atoms with van der Waals surface area (Å²) in [7, 11) is 0. The van der Waals surface area contributed by atoms with E-state index in [4.69, 9.17) is 21.7 Å². The molecule has 19 heavy (non-hydrogen) atoms. The van der Waals surface area contributed by atoms with Gasteiger partial charge in [-0.05, 0) is 36.4 Å². The average Bonchev–Trinajstić information content (AvgIpc) is 2.83. The Kier molecular flexibility index (Phi) is 4.53. The van der Waals surface area contributed by atoms with Gasteiger partial charge in [0.05, 0.1) is 0 Å². The van der Waals surface area contributed by atoms with Crippen LogP contribution in [0.5, 0.6) is 0 Å². The summed E-state index contributed by atoms with van der Waals surface area (Å²) >= 11 is 0. The summed E-state index contributed by atoms with van der Waals surface area (Å²) in [4.78, 5) is 20.3. The SMILES string of the molecule is Nc1ccc(N)cc1.O=C(O)c1ccc(C(=O)O)o1. The largest absolute Gasteiger partial charge is 0.475 e. The standard InChI is InChI=1S/C6H8N2.C6H4O5/c7-5-1-2-6(8)4-3-5;7-5(8)3-1-2-4(11-3)6(9)10/h1-4H,7-8H2;1-2H,(H,7,8)(H,9,10). The summed E-state index contributed by atoms with van der Waals surface area (Å²) in [6, 6.07) is 9.27. The smallest absolute Gasteiger partial charge is 0.371 e. The van der Waals surface area contributed by atoms with E-state index in [1.165, 1.54) is 0 Å². The van der Waals surface area contributed by atoms with Gasteiger partial charge in [-0.15, -0.1) is 0 Å².